The van der Waals surface area contributed by atoms with E-state index in [0.29, 0.717) is 17.3 Å². The van der Waals surface area contributed by atoms with Gasteiger partial charge in [-0.2, -0.15) is 0 Å². The summed E-state index contributed by atoms with van der Waals surface area (Å²) in [6.45, 7) is 4.32. The van der Waals surface area contributed by atoms with Gasteiger partial charge in [0.2, 0.25) is 0 Å². The van der Waals surface area contributed by atoms with Crippen molar-refractivity contribution < 1.29 is 9.90 Å². The molecule has 0 unspecified atom stereocenters. The maximum atomic E-state index is 12.3. The standard InChI is InChI=1S/C13H19ClN2O2/c1-3-11(4-2)16(7-8-17)13(18)12-9-10(14)5-6-15-12/h5-6,9,11,17H,3-4,7-8H2,1-2H3. The fourth-order valence-corrected chi connectivity index (χ4v) is 2.12. The summed E-state index contributed by atoms with van der Waals surface area (Å²) in [5.74, 6) is -0.180. The Hall–Kier alpha value is -1.13. The lowest BCUT2D eigenvalue weighted by atomic mass is 10.1. The minimum atomic E-state index is -0.180. The summed E-state index contributed by atoms with van der Waals surface area (Å²) >= 11 is 5.86. The normalized spacial score (nSPS) is 10.7. The zero-order valence-corrected chi connectivity index (χ0v) is 11.5. The van der Waals surface area contributed by atoms with E-state index in [9.17, 15) is 4.79 Å². The van der Waals surface area contributed by atoms with E-state index in [1.54, 1.807) is 17.0 Å². The molecule has 1 heterocycles. The summed E-state index contributed by atoms with van der Waals surface area (Å²) in [5.41, 5.74) is 0.322. The molecular formula is C13H19ClN2O2. The molecule has 0 aliphatic carbocycles. The molecule has 1 aromatic heterocycles. The zero-order valence-electron chi connectivity index (χ0n) is 10.8. The SMILES string of the molecule is CCC(CC)N(CCO)C(=O)c1cc(Cl)ccn1. The number of carbonyl (C=O) groups is 1. The molecule has 0 radical (unpaired) electrons. The first-order chi connectivity index (χ1) is 8.63. The number of aliphatic hydroxyl groups excluding tert-OH is 1. The van der Waals surface area contributed by atoms with Gasteiger partial charge in [-0.15, -0.1) is 0 Å². The Balaban J connectivity index is 2.95. The number of aliphatic hydroxyl groups is 1. The summed E-state index contributed by atoms with van der Waals surface area (Å²) in [7, 11) is 0. The van der Waals surface area contributed by atoms with Crippen LogP contribution in [0.25, 0.3) is 0 Å². The molecule has 0 aliphatic rings. The number of aromatic nitrogens is 1. The van der Waals surface area contributed by atoms with Crippen molar-refractivity contribution in [2.45, 2.75) is 32.7 Å². The minimum Gasteiger partial charge on any atom is -0.395 e. The van der Waals surface area contributed by atoms with Gasteiger partial charge in [0.1, 0.15) is 5.69 Å². The molecule has 1 aromatic rings. The summed E-state index contributed by atoms with van der Waals surface area (Å²) < 4.78 is 0. The lowest BCUT2D eigenvalue weighted by molar-refractivity contribution is 0.0616. The quantitative estimate of drug-likeness (QED) is 0.863. The smallest absolute Gasteiger partial charge is 0.272 e. The average Bonchev–Trinajstić information content (AvgIpc) is 2.38. The van der Waals surface area contributed by atoms with Crippen LogP contribution in [0.2, 0.25) is 5.02 Å². The van der Waals surface area contributed by atoms with E-state index in [2.05, 4.69) is 4.98 Å². The molecule has 0 spiro atoms. The van der Waals surface area contributed by atoms with Gasteiger partial charge in [0.15, 0.2) is 0 Å². The molecule has 0 fully saturated rings. The number of carbonyl (C=O) groups excluding carboxylic acids is 1. The van der Waals surface area contributed by atoms with Crippen molar-refractivity contribution in [3.05, 3.63) is 29.0 Å². The molecule has 1 N–H and O–H groups in total. The zero-order chi connectivity index (χ0) is 13.5. The van der Waals surface area contributed by atoms with Gasteiger partial charge in [-0.3, -0.25) is 9.78 Å². The lowest BCUT2D eigenvalue weighted by Gasteiger charge is -2.29. The van der Waals surface area contributed by atoms with Crippen LogP contribution in [0, 0.1) is 0 Å². The number of amides is 1. The molecule has 0 saturated carbocycles. The average molecular weight is 271 g/mol. The number of hydrogen-bond acceptors (Lipinski definition) is 3. The van der Waals surface area contributed by atoms with Crippen molar-refractivity contribution in [3.63, 3.8) is 0 Å². The summed E-state index contributed by atoms with van der Waals surface area (Å²) in [6.07, 6.45) is 3.21. The van der Waals surface area contributed by atoms with Crippen LogP contribution in [0.1, 0.15) is 37.2 Å². The monoisotopic (exact) mass is 270 g/mol. The van der Waals surface area contributed by atoms with E-state index >= 15 is 0 Å². The molecule has 0 saturated heterocycles. The van der Waals surface area contributed by atoms with Crippen LogP contribution in [-0.2, 0) is 0 Å². The van der Waals surface area contributed by atoms with Crippen molar-refractivity contribution in [2.24, 2.45) is 0 Å². The summed E-state index contributed by atoms with van der Waals surface area (Å²) in [5, 5.41) is 9.57. The van der Waals surface area contributed by atoms with Crippen LogP contribution < -0.4 is 0 Å². The fourth-order valence-electron chi connectivity index (χ4n) is 1.96. The van der Waals surface area contributed by atoms with E-state index in [0.717, 1.165) is 12.8 Å². The summed E-state index contributed by atoms with van der Waals surface area (Å²) in [4.78, 5) is 18.0. The van der Waals surface area contributed by atoms with Crippen molar-refractivity contribution in [1.82, 2.24) is 9.88 Å². The topological polar surface area (TPSA) is 53.4 Å². The largest absolute Gasteiger partial charge is 0.395 e. The van der Waals surface area contributed by atoms with E-state index in [1.165, 1.54) is 6.20 Å². The van der Waals surface area contributed by atoms with Gasteiger partial charge in [0, 0.05) is 23.8 Å². The van der Waals surface area contributed by atoms with Crippen molar-refractivity contribution >= 4 is 17.5 Å². The molecule has 0 aromatic carbocycles. The van der Waals surface area contributed by atoms with Gasteiger partial charge in [-0.25, -0.2) is 0 Å². The van der Waals surface area contributed by atoms with Gasteiger partial charge < -0.3 is 10.0 Å². The number of halogens is 1. The second kappa shape index (κ2) is 7.34. The molecule has 4 nitrogen and oxygen atoms in total. The number of nitrogens with zero attached hydrogens (tertiary/aromatic N) is 2. The first-order valence-electron chi connectivity index (χ1n) is 6.17. The highest BCUT2D eigenvalue weighted by Crippen LogP contribution is 2.14. The Morgan fingerprint density at radius 3 is 2.67 bits per heavy atom. The maximum Gasteiger partial charge on any atom is 0.272 e. The molecule has 18 heavy (non-hydrogen) atoms. The highest BCUT2D eigenvalue weighted by molar-refractivity contribution is 6.30. The van der Waals surface area contributed by atoms with Gasteiger partial charge in [0.05, 0.1) is 6.61 Å². The van der Waals surface area contributed by atoms with E-state index in [4.69, 9.17) is 16.7 Å². The van der Waals surface area contributed by atoms with Crippen LogP contribution in [-0.4, -0.2) is 40.1 Å². The summed E-state index contributed by atoms with van der Waals surface area (Å²) in [6, 6.07) is 3.30. The Morgan fingerprint density at radius 1 is 1.50 bits per heavy atom. The van der Waals surface area contributed by atoms with E-state index in [-0.39, 0.29) is 18.6 Å². The number of pyridine rings is 1. The van der Waals surface area contributed by atoms with Gasteiger partial charge in [0.25, 0.3) is 5.91 Å². The van der Waals surface area contributed by atoms with Crippen LogP contribution in [0.4, 0.5) is 0 Å². The molecular weight excluding hydrogens is 252 g/mol. The number of rotatable bonds is 6. The van der Waals surface area contributed by atoms with Crippen LogP contribution in [0.15, 0.2) is 18.3 Å². The molecule has 100 valence electrons. The van der Waals surface area contributed by atoms with Gasteiger partial charge >= 0.3 is 0 Å². The molecule has 0 aliphatic heterocycles. The van der Waals surface area contributed by atoms with Crippen molar-refractivity contribution in [2.75, 3.05) is 13.2 Å². The third-order valence-electron chi connectivity index (χ3n) is 2.93. The third kappa shape index (κ3) is 3.68. The Kier molecular flexibility index (Phi) is 6.09. The first-order valence-corrected chi connectivity index (χ1v) is 6.55. The van der Waals surface area contributed by atoms with Gasteiger partial charge in [-0.1, -0.05) is 25.4 Å². The maximum absolute atomic E-state index is 12.3. The van der Waals surface area contributed by atoms with Crippen molar-refractivity contribution in [3.8, 4) is 0 Å². The molecule has 5 heteroatoms. The highest BCUT2D eigenvalue weighted by atomic mass is 35.5. The predicted octanol–water partition coefficient (Wildman–Crippen LogP) is 2.36. The van der Waals surface area contributed by atoms with E-state index < -0.39 is 0 Å². The van der Waals surface area contributed by atoms with E-state index in [1.807, 2.05) is 13.8 Å². The first kappa shape index (κ1) is 14.9. The third-order valence-corrected chi connectivity index (χ3v) is 3.16. The predicted molar refractivity (Wildman–Crippen MR) is 71.7 cm³/mol. The fraction of sp³-hybridized carbons (Fsp3) is 0.538. The molecule has 0 bridgehead atoms. The number of hydrogen-bond donors (Lipinski definition) is 1. The highest BCUT2D eigenvalue weighted by Gasteiger charge is 2.22. The van der Waals surface area contributed by atoms with Crippen LogP contribution >= 0.6 is 11.6 Å². The Labute approximate surface area is 113 Å². The Morgan fingerprint density at radius 2 is 2.17 bits per heavy atom. The molecule has 1 amide bonds. The lowest BCUT2D eigenvalue weighted by Crippen LogP contribution is -2.41. The molecule has 0 atom stereocenters. The molecule has 1 rings (SSSR count). The van der Waals surface area contributed by atoms with Crippen LogP contribution in [0.5, 0.6) is 0 Å². The van der Waals surface area contributed by atoms with Crippen LogP contribution in [0.3, 0.4) is 0 Å². The Bertz CT molecular complexity index is 394. The second-order valence-electron chi connectivity index (χ2n) is 4.05. The second-order valence-corrected chi connectivity index (χ2v) is 4.49. The minimum absolute atomic E-state index is 0.0528. The van der Waals surface area contributed by atoms with Gasteiger partial charge in [-0.05, 0) is 25.0 Å². The van der Waals surface area contributed by atoms with Crippen molar-refractivity contribution in [1.29, 1.82) is 0 Å².